The maximum atomic E-state index is 13.8. The summed E-state index contributed by atoms with van der Waals surface area (Å²) in [4.78, 5) is 27.9. The Hall–Kier alpha value is -2.70. The van der Waals surface area contributed by atoms with Gasteiger partial charge in [0.15, 0.2) is 11.7 Å². The third kappa shape index (κ3) is 3.92. The van der Waals surface area contributed by atoms with Crippen LogP contribution in [0.1, 0.15) is 44.4 Å². The van der Waals surface area contributed by atoms with E-state index in [9.17, 15) is 19.1 Å². The molecule has 1 heterocycles. The van der Waals surface area contributed by atoms with Crippen molar-refractivity contribution in [3.05, 3.63) is 42.2 Å². The SMILES string of the molecule is O=C(CCc1ncc(-c2ccccc2F)o1)NC1(C(=O)O)CCCCC1. The van der Waals surface area contributed by atoms with Gasteiger partial charge in [-0.05, 0) is 25.0 Å². The first kappa shape index (κ1) is 18.1. The molecule has 2 aromatic rings. The van der Waals surface area contributed by atoms with Crippen molar-refractivity contribution in [1.82, 2.24) is 10.3 Å². The number of aliphatic carboxylic acids is 1. The quantitative estimate of drug-likeness (QED) is 0.824. The van der Waals surface area contributed by atoms with Crippen molar-refractivity contribution in [2.75, 3.05) is 0 Å². The molecular weight excluding hydrogens is 339 g/mol. The van der Waals surface area contributed by atoms with E-state index in [1.165, 1.54) is 12.3 Å². The molecule has 1 aliphatic carbocycles. The predicted octanol–water partition coefficient (Wildman–Crippen LogP) is 3.32. The maximum absolute atomic E-state index is 13.8. The normalized spacial score (nSPS) is 16.2. The summed E-state index contributed by atoms with van der Waals surface area (Å²) >= 11 is 0. The summed E-state index contributed by atoms with van der Waals surface area (Å²) in [7, 11) is 0. The Morgan fingerprint density at radius 2 is 1.96 bits per heavy atom. The van der Waals surface area contributed by atoms with Crippen LogP contribution in [-0.4, -0.2) is 27.5 Å². The van der Waals surface area contributed by atoms with Gasteiger partial charge in [-0.15, -0.1) is 0 Å². The number of carbonyl (C=O) groups excluding carboxylic acids is 1. The Balaban J connectivity index is 1.60. The zero-order valence-electron chi connectivity index (χ0n) is 14.3. The van der Waals surface area contributed by atoms with Crippen molar-refractivity contribution in [3.63, 3.8) is 0 Å². The van der Waals surface area contributed by atoms with E-state index in [0.29, 0.717) is 30.1 Å². The molecule has 1 aliphatic rings. The third-order valence-electron chi connectivity index (χ3n) is 4.75. The molecule has 0 bridgehead atoms. The fourth-order valence-corrected chi connectivity index (χ4v) is 3.31. The lowest BCUT2D eigenvalue weighted by molar-refractivity contribution is -0.149. The van der Waals surface area contributed by atoms with Crippen molar-refractivity contribution in [2.24, 2.45) is 0 Å². The van der Waals surface area contributed by atoms with Crippen LogP contribution in [0.25, 0.3) is 11.3 Å². The minimum absolute atomic E-state index is 0.0618. The van der Waals surface area contributed by atoms with E-state index in [-0.39, 0.29) is 18.7 Å². The monoisotopic (exact) mass is 360 g/mol. The number of aromatic nitrogens is 1. The highest BCUT2D eigenvalue weighted by molar-refractivity contribution is 5.87. The molecule has 0 atom stereocenters. The smallest absolute Gasteiger partial charge is 0.329 e. The van der Waals surface area contributed by atoms with Crippen LogP contribution in [0.2, 0.25) is 0 Å². The van der Waals surface area contributed by atoms with E-state index in [4.69, 9.17) is 4.42 Å². The van der Waals surface area contributed by atoms with E-state index < -0.39 is 17.3 Å². The van der Waals surface area contributed by atoms with Gasteiger partial charge in [-0.25, -0.2) is 14.2 Å². The summed E-state index contributed by atoms with van der Waals surface area (Å²) in [6.45, 7) is 0. The first-order valence-electron chi connectivity index (χ1n) is 8.74. The zero-order chi connectivity index (χ0) is 18.6. The second-order valence-corrected chi connectivity index (χ2v) is 6.59. The number of carboxylic acids is 1. The topological polar surface area (TPSA) is 92.4 Å². The minimum atomic E-state index is -1.16. The molecule has 1 saturated carbocycles. The number of nitrogens with one attached hydrogen (secondary N) is 1. The molecule has 7 heteroatoms. The number of oxazole rings is 1. The maximum Gasteiger partial charge on any atom is 0.329 e. The van der Waals surface area contributed by atoms with Crippen LogP contribution in [0.15, 0.2) is 34.9 Å². The number of carboxylic acid groups (broad SMARTS) is 1. The molecule has 1 amide bonds. The van der Waals surface area contributed by atoms with Gasteiger partial charge in [0.1, 0.15) is 11.4 Å². The van der Waals surface area contributed by atoms with E-state index in [0.717, 1.165) is 19.3 Å². The van der Waals surface area contributed by atoms with Crippen molar-refractivity contribution in [3.8, 4) is 11.3 Å². The highest BCUT2D eigenvalue weighted by Gasteiger charge is 2.40. The average molecular weight is 360 g/mol. The number of carbonyl (C=O) groups is 2. The number of benzene rings is 1. The Kier molecular flexibility index (Phi) is 5.35. The van der Waals surface area contributed by atoms with Gasteiger partial charge in [0.05, 0.1) is 11.8 Å². The Morgan fingerprint density at radius 3 is 2.65 bits per heavy atom. The summed E-state index contributed by atoms with van der Waals surface area (Å²) in [6, 6.07) is 6.21. The van der Waals surface area contributed by atoms with Gasteiger partial charge in [0.2, 0.25) is 5.91 Å². The second-order valence-electron chi connectivity index (χ2n) is 6.59. The molecule has 0 spiro atoms. The first-order chi connectivity index (χ1) is 12.5. The Morgan fingerprint density at radius 1 is 1.23 bits per heavy atom. The highest BCUT2D eigenvalue weighted by atomic mass is 19.1. The molecule has 0 saturated heterocycles. The summed E-state index contributed by atoms with van der Waals surface area (Å²) < 4.78 is 19.3. The molecule has 0 aliphatic heterocycles. The van der Waals surface area contributed by atoms with E-state index in [2.05, 4.69) is 10.3 Å². The van der Waals surface area contributed by atoms with Crippen LogP contribution in [0.3, 0.4) is 0 Å². The number of rotatable bonds is 6. The van der Waals surface area contributed by atoms with Crippen LogP contribution in [0.4, 0.5) is 4.39 Å². The molecule has 6 nitrogen and oxygen atoms in total. The van der Waals surface area contributed by atoms with Crippen LogP contribution in [-0.2, 0) is 16.0 Å². The van der Waals surface area contributed by atoms with Gasteiger partial charge in [0, 0.05) is 12.8 Å². The fraction of sp³-hybridized carbons (Fsp3) is 0.421. The van der Waals surface area contributed by atoms with E-state index in [1.54, 1.807) is 18.2 Å². The number of aryl methyl sites for hydroxylation is 1. The highest BCUT2D eigenvalue weighted by Crippen LogP contribution is 2.29. The van der Waals surface area contributed by atoms with Crippen molar-refractivity contribution < 1.29 is 23.5 Å². The molecule has 26 heavy (non-hydrogen) atoms. The molecule has 138 valence electrons. The zero-order valence-corrected chi connectivity index (χ0v) is 14.3. The van der Waals surface area contributed by atoms with Gasteiger partial charge in [-0.1, -0.05) is 31.4 Å². The number of hydrogen-bond acceptors (Lipinski definition) is 4. The van der Waals surface area contributed by atoms with Gasteiger partial charge in [0.25, 0.3) is 0 Å². The average Bonchev–Trinajstić information content (AvgIpc) is 3.10. The lowest BCUT2D eigenvalue weighted by Crippen LogP contribution is -2.55. The van der Waals surface area contributed by atoms with Crippen molar-refractivity contribution in [2.45, 2.75) is 50.5 Å². The number of halogens is 1. The molecular formula is C19H21FN2O4. The minimum Gasteiger partial charge on any atom is -0.480 e. The molecule has 0 unspecified atom stereocenters. The van der Waals surface area contributed by atoms with Gasteiger partial charge < -0.3 is 14.8 Å². The molecule has 0 radical (unpaired) electrons. The third-order valence-corrected chi connectivity index (χ3v) is 4.75. The van der Waals surface area contributed by atoms with Crippen LogP contribution < -0.4 is 5.32 Å². The predicted molar refractivity (Wildman–Crippen MR) is 91.8 cm³/mol. The van der Waals surface area contributed by atoms with Crippen molar-refractivity contribution in [1.29, 1.82) is 0 Å². The lowest BCUT2D eigenvalue weighted by atomic mass is 9.81. The fourth-order valence-electron chi connectivity index (χ4n) is 3.31. The van der Waals surface area contributed by atoms with E-state index in [1.807, 2.05) is 0 Å². The second kappa shape index (κ2) is 7.68. The standard InChI is InChI=1S/C19H21FN2O4/c20-14-7-3-2-6-13(14)15-12-21-17(26-15)9-8-16(23)22-19(18(24)25)10-4-1-5-11-19/h2-3,6-7,12H,1,4-5,8-11H2,(H,22,23)(H,24,25). The first-order valence-corrected chi connectivity index (χ1v) is 8.74. The number of nitrogens with zero attached hydrogens (tertiary/aromatic N) is 1. The number of amides is 1. The Bertz CT molecular complexity index is 796. The number of hydrogen-bond donors (Lipinski definition) is 2. The Labute approximate surface area is 150 Å². The molecule has 1 aromatic carbocycles. The van der Waals surface area contributed by atoms with Crippen molar-refractivity contribution >= 4 is 11.9 Å². The summed E-state index contributed by atoms with van der Waals surface area (Å²) in [6.07, 6.45) is 5.17. The van der Waals surface area contributed by atoms with Gasteiger partial charge in [-0.2, -0.15) is 0 Å². The lowest BCUT2D eigenvalue weighted by Gasteiger charge is -2.33. The molecule has 3 rings (SSSR count). The largest absolute Gasteiger partial charge is 0.480 e. The van der Waals surface area contributed by atoms with Gasteiger partial charge >= 0.3 is 5.97 Å². The van der Waals surface area contributed by atoms with E-state index >= 15 is 0 Å². The summed E-state index contributed by atoms with van der Waals surface area (Å²) in [5.74, 6) is -1.13. The molecule has 2 N–H and O–H groups in total. The van der Waals surface area contributed by atoms with Gasteiger partial charge in [-0.3, -0.25) is 4.79 Å². The molecule has 1 fully saturated rings. The summed E-state index contributed by atoms with van der Waals surface area (Å²) in [5.41, 5.74) is -0.854. The summed E-state index contributed by atoms with van der Waals surface area (Å²) in [5, 5.41) is 12.2. The van der Waals surface area contributed by atoms with Crippen LogP contribution in [0, 0.1) is 5.82 Å². The molecule has 1 aromatic heterocycles. The van der Waals surface area contributed by atoms with Crippen LogP contribution >= 0.6 is 0 Å². The van der Waals surface area contributed by atoms with Crippen LogP contribution in [0.5, 0.6) is 0 Å².